The van der Waals surface area contributed by atoms with Crippen LogP contribution in [0.5, 0.6) is 0 Å². The van der Waals surface area contributed by atoms with Crippen LogP contribution in [0.2, 0.25) is 0 Å². The number of thiazole rings is 1. The predicted octanol–water partition coefficient (Wildman–Crippen LogP) is 3.03. The fourth-order valence-corrected chi connectivity index (χ4v) is 3.50. The number of halogens is 1. The van der Waals surface area contributed by atoms with E-state index in [2.05, 4.69) is 15.6 Å². The number of urea groups is 1. The Morgan fingerprint density at radius 3 is 2.76 bits per heavy atom. The number of hydrogen-bond donors (Lipinski definition) is 3. The van der Waals surface area contributed by atoms with Gasteiger partial charge < -0.3 is 5.73 Å². The van der Waals surface area contributed by atoms with Crippen LogP contribution in [-0.2, 0) is 4.79 Å². The highest BCUT2D eigenvalue weighted by Gasteiger charge is 2.27. The van der Waals surface area contributed by atoms with Crippen molar-refractivity contribution in [2.45, 2.75) is 33.2 Å². The molecule has 2 heterocycles. The minimum absolute atomic E-state index is 0.0349. The molecule has 1 aliphatic heterocycles. The van der Waals surface area contributed by atoms with Gasteiger partial charge in [-0.25, -0.2) is 14.2 Å². The van der Waals surface area contributed by atoms with Gasteiger partial charge in [-0.05, 0) is 23.6 Å². The van der Waals surface area contributed by atoms with Gasteiger partial charge in [-0.15, -0.1) is 11.3 Å². The second-order valence-electron chi connectivity index (χ2n) is 7.80. The molecule has 4 N–H and O–H groups in total. The third-order valence-electron chi connectivity index (χ3n) is 4.55. The minimum Gasteiger partial charge on any atom is -0.322 e. The van der Waals surface area contributed by atoms with Gasteiger partial charge in [0, 0.05) is 23.9 Å². The molecule has 0 aliphatic carbocycles. The van der Waals surface area contributed by atoms with Crippen molar-refractivity contribution in [3.63, 3.8) is 0 Å². The van der Waals surface area contributed by atoms with Crippen molar-refractivity contribution in [2.75, 3.05) is 16.8 Å². The maximum Gasteiger partial charge on any atom is 0.328 e. The summed E-state index contributed by atoms with van der Waals surface area (Å²) in [5.74, 6) is -1.59. The Morgan fingerprint density at radius 2 is 2.10 bits per heavy atom. The summed E-state index contributed by atoms with van der Waals surface area (Å²) in [7, 11) is 0. The topological polar surface area (TPSA) is 117 Å². The predicted molar refractivity (Wildman–Crippen MR) is 108 cm³/mol. The van der Waals surface area contributed by atoms with Crippen LogP contribution in [0.15, 0.2) is 23.6 Å². The molecule has 1 fully saturated rings. The molecule has 8 nitrogen and oxygen atoms in total. The molecule has 1 atom stereocenters. The molecule has 154 valence electrons. The van der Waals surface area contributed by atoms with Gasteiger partial charge in [0.1, 0.15) is 5.82 Å². The molecule has 1 aromatic heterocycles. The van der Waals surface area contributed by atoms with Crippen molar-refractivity contribution in [3.05, 3.63) is 40.7 Å². The normalized spacial score (nSPS) is 15.8. The molecule has 1 aliphatic rings. The first-order chi connectivity index (χ1) is 13.6. The van der Waals surface area contributed by atoms with Gasteiger partial charge in [-0.1, -0.05) is 20.8 Å². The summed E-state index contributed by atoms with van der Waals surface area (Å²) in [5.41, 5.74) is 6.77. The number of amides is 4. The fraction of sp³-hybridized carbons (Fsp3) is 0.368. The number of nitrogens with two attached hydrogens (primary N) is 1. The third kappa shape index (κ3) is 4.60. The summed E-state index contributed by atoms with van der Waals surface area (Å²) in [6, 6.07) is 2.68. The highest BCUT2D eigenvalue weighted by Crippen LogP contribution is 2.32. The molecule has 0 radical (unpaired) electrons. The number of imide groups is 1. The fourth-order valence-electron chi connectivity index (χ4n) is 2.75. The van der Waals surface area contributed by atoms with Crippen molar-refractivity contribution >= 4 is 40.0 Å². The lowest BCUT2D eigenvalue weighted by Crippen LogP contribution is -2.50. The standard InChI is InChI=1S/C19H22FN5O3S/c1-19(2,3)15(21)12-9-29-17(22-12)24-16(27)10-4-5-11(20)13(8-10)25-7-6-14(26)23-18(25)28/h4-5,8-9,15H,6-7,21H2,1-3H3,(H,22,24,27)(H,23,26,28)/t15-/m0/s1. The molecular weight excluding hydrogens is 397 g/mol. The van der Waals surface area contributed by atoms with Crippen LogP contribution < -0.4 is 21.3 Å². The van der Waals surface area contributed by atoms with E-state index in [1.54, 1.807) is 5.38 Å². The summed E-state index contributed by atoms with van der Waals surface area (Å²) in [4.78, 5) is 41.3. The number of nitrogens with one attached hydrogen (secondary N) is 2. The Bertz CT molecular complexity index is 969. The summed E-state index contributed by atoms with van der Waals surface area (Å²) in [6.45, 7) is 6.03. The van der Waals surface area contributed by atoms with Gasteiger partial charge in [-0.2, -0.15) is 0 Å². The van der Waals surface area contributed by atoms with Gasteiger partial charge in [0.2, 0.25) is 5.91 Å². The van der Waals surface area contributed by atoms with Crippen LogP contribution in [0.1, 0.15) is 49.3 Å². The van der Waals surface area contributed by atoms with E-state index in [0.29, 0.717) is 10.8 Å². The number of carbonyl (C=O) groups is 3. The Morgan fingerprint density at radius 1 is 1.38 bits per heavy atom. The molecule has 2 aromatic rings. The maximum atomic E-state index is 14.3. The van der Waals surface area contributed by atoms with Crippen LogP contribution in [0, 0.1) is 11.2 Å². The Balaban J connectivity index is 1.78. The number of benzene rings is 1. The van der Waals surface area contributed by atoms with E-state index >= 15 is 0 Å². The van der Waals surface area contributed by atoms with E-state index < -0.39 is 23.7 Å². The first-order valence-electron chi connectivity index (χ1n) is 8.99. The number of carbonyl (C=O) groups excluding carboxylic acids is 3. The molecule has 3 rings (SSSR count). The molecule has 0 saturated carbocycles. The van der Waals surface area contributed by atoms with Crippen LogP contribution in [-0.4, -0.2) is 29.4 Å². The van der Waals surface area contributed by atoms with E-state index in [1.807, 2.05) is 20.8 Å². The van der Waals surface area contributed by atoms with Crippen LogP contribution >= 0.6 is 11.3 Å². The van der Waals surface area contributed by atoms with Crippen molar-refractivity contribution < 1.29 is 18.8 Å². The molecular formula is C19H22FN5O3S. The first kappa shape index (κ1) is 20.9. The smallest absolute Gasteiger partial charge is 0.322 e. The number of hydrogen-bond acceptors (Lipinski definition) is 6. The molecule has 0 unspecified atom stereocenters. The van der Waals surface area contributed by atoms with E-state index in [0.717, 1.165) is 11.0 Å². The van der Waals surface area contributed by atoms with E-state index in [1.165, 1.54) is 23.5 Å². The van der Waals surface area contributed by atoms with Crippen LogP contribution in [0.4, 0.5) is 20.0 Å². The minimum atomic E-state index is -0.724. The van der Waals surface area contributed by atoms with Crippen LogP contribution in [0.25, 0.3) is 0 Å². The lowest BCUT2D eigenvalue weighted by Gasteiger charge is -2.27. The summed E-state index contributed by atoms with van der Waals surface area (Å²) >= 11 is 1.24. The second kappa shape index (κ2) is 7.88. The summed E-state index contributed by atoms with van der Waals surface area (Å²) in [6.07, 6.45) is 0.0531. The molecule has 1 saturated heterocycles. The van der Waals surface area contributed by atoms with Crippen LogP contribution in [0.3, 0.4) is 0 Å². The number of anilines is 2. The molecule has 10 heteroatoms. The molecule has 1 aromatic carbocycles. The first-order valence-corrected chi connectivity index (χ1v) is 9.87. The average Bonchev–Trinajstić information content (AvgIpc) is 3.09. The zero-order valence-electron chi connectivity index (χ0n) is 16.3. The highest BCUT2D eigenvalue weighted by molar-refractivity contribution is 7.14. The molecule has 0 spiro atoms. The zero-order chi connectivity index (χ0) is 21.3. The van der Waals surface area contributed by atoms with Crippen molar-refractivity contribution in [3.8, 4) is 0 Å². The zero-order valence-corrected chi connectivity index (χ0v) is 17.1. The molecule has 29 heavy (non-hydrogen) atoms. The summed E-state index contributed by atoms with van der Waals surface area (Å²) in [5, 5.41) is 6.96. The van der Waals surface area contributed by atoms with Crippen molar-refractivity contribution in [2.24, 2.45) is 11.1 Å². The van der Waals surface area contributed by atoms with E-state index in [4.69, 9.17) is 5.73 Å². The summed E-state index contributed by atoms with van der Waals surface area (Å²) < 4.78 is 14.3. The number of aromatic nitrogens is 1. The second-order valence-corrected chi connectivity index (χ2v) is 8.65. The maximum absolute atomic E-state index is 14.3. The highest BCUT2D eigenvalue weighted by atomic mass is 32.1. The Labute approximate surface area is 171 Å². The molecule has 0 bridgehead atoms. The number of nitrogens with zero attached hydrogens (tertiary/aromatic N) is 2. The van der Waals surface area contributed by atoms with Crippen molar-refractivity contribution in [1.82, 2.24) is 10.3 Å². The Kier molecular flexibility index (Phi) is 5.67. The lowest BCUT2D eigenvalue weighted by molar-refractivity contribution is -0.120. The van der Waals surface area contributed by atoms with E-state index in [-0.39, 0.29) is 35.7 Å². The van der Waals surface area contributed by atoms with Gasteiger partial charge in [0.15, 0.2) is 5.13 Å². The Hall–Kier alpha value is -2.85. The van der Waals surface area contributed by atoms with Gasteiger partial charge >= 0.3 is 6.03 Å². The van der Waals surface area contributed by atoms with E-state index in [9.17, 15) is 18.8 Å². The average molecular weight is 419 g/mol. The quantitative estimate of drug-likeness (QED) is 0.704. The monoisotopic (exact) mass is 419 g/mol. The van der Waals surface area contributed by atoms with Gasteiger partial charge in [-0.3, -0.25) is 25.1 Å². The van der Waals surface area contributed by atoms with Gasteiger partial charge in [0.05, 0.1) is 17.4 Å². The lowest BCUT2D eigenvalue weighted by atomic mass is 9.86. The number of rotatable bonds is 4. The van der Waals surface area contributed by atoms with Gasteiger partial charge in [0.25, 0.3) is 5.91 Å². The third-order valence-corrected chi connectivity index (χ3v) is 5.32. The largest absolute Gasteiger partial charge is 0.328 e. The SMILES string of the molecule is CC(C)(C)[C@@H](N)c1csc(NC(=O)c2ccc(F)c(N3CCC(=O)NC3=O)c2)n1. The van der Waals surface area contributed by atoms with Crippen molar-refractivity contribution in [1.29, 1.82) is 0 Å². The molecule has 4 amide bonds.